The summed E-state index contributed by atoms with van der Waals surface area (Å²) in [6, 6.07) is -1.03. The lowest BCUT2D eigenvalue weighted by Crippen LogP contribution is -2.68. The number of aliphatic hydroxyl groups excluding tert-OH is 5. The molecule has 1 heterocycles. The minimum atomic E-state index is -1.43. The molecule has 1 aliphatic rings. The second-order valence-electron chi connectivity index (χ2n) is 3.32. The van der Waals surface area contributed by atoms with Gasteiger partial charge in [-0.2, -0.15) is 0 Å². The minimum Gasteiger partial charge on any atom is -0.394 e. The van der Waals surface area contributed by atoms with Gasteiger partial charge in [0.2, 0.25) is 0 Å². The summed E-state index contributed by atoms with van der Waals surface area (Å²) in [5.74, 6) is 0. The normalized spacial score (nSPS) is 35.3. The maximum atomic E-state index is 9.52. The van der Waals surface area contributed by atoms with Gasteiger partial charge in [0.15, 0.2) is 11.3 Å². The second kappa shape index (κ2) is 5.01. The third kappa shape index (κ3) is 2.74. The molecule has 1 saturated heterocycles. The highest BCUT2D eigenvalue weighted by atomic mass is 32.1. The summed E-state index contributed by atoms with van der Waals surface area (Å²) in [7, 11) is 0. The zero-order chi connectivity index (χ0) is 11.6. The van der Waals surface area contributed by atoms with Gasteiger partial charge in [0.05, 0.1) is 12.6 Å². The molecule has 7 N–H and O–H groups in total. The first-order valence-corrected chi connectivity index (χ1v) is 4.78. The molecule has 0 aliphatic carbocycles. The maximum absolute atomic E-state index is 9.52. The van der Waals surface area contributed by atoms with E-state index in [1.165, 1.54) is 0 Å². The first-order chi connectivity index (χ1) is 6.97. The lowest BCUT2D eigenvalue weighted by Gasteiger charge is -2.38. The molecule has 0 aromatic rings. The van der Waals surface area contributed by atoms with Crippen molar-refractivity contribution in [2.75, 3.05) is 6.61 Å². The highest BCUT2D eigenvalue weighted by Crippen LogP contribution is 2.10. The van der Waals surface area contributed by atoms with Crippen LogP contribution < -0.4 is 10.6 Å². The largest absolute Gasteiger partial charge is 0.394 e. The van der Waals surface area contributed by atoms with E-state index in [0.29, 0.717) is 0 Å². The lowest BCUT2D eigenvalue weighted by molar-refractivity contribution is -0.0895. The number of thiocarbonyl (C=S) groups is 1. The van der Waals surface area contributed by atoms with E-state index in [9.17, 15) is 20.4 Å². The molecule has 0 saturated carbocycles. The van der Waals surface area contributed by atoms with Crippen molar-refractivity contribution in [2.45, 2.75) is 30.6 Å². The molecular weight excluding hydrogens is 224 g/mol. The van der Waals surface area contributed by atoms with Gasteiger partial charge >= 0.3 is 0 Å². The first kappa shape index (κ1) is 12.6. The Morgan fingerprint density at radius 2 is 1.87 bits per heavy atom. The Morgan fingerprint density at radius 3 is 2.40 bits per heavy atom. The van der Waals surface area contributed by atoms with Gasteiger partial charge in [-0.25, -0.2) is 0 Å². The average Bonchev–Trinajstić information content (AvgIpc) is 2.21. The third-order valence-electron chi connectivity index (χ3n) is 2.22. The SMILES string of the molecule is OCC(O)C(O)[C@H]1NC(=S)N[C@H](O)[C@@H]1O. The Kier molecular flexibility index (Phi) is 4.20. The zero-order valence-corrected chi connectivity index (χ0v) is 8.55. The molecular formula is C7H14N2O5S. The van der Waals surface area contributed by atoms with Crippen LogP contribution in [0, 0.1) is 0 Å². The number of nitrogens with one attached hydrogen (secondary N) is 2. The molecule has 1 rings (SSSR count). The van der Waals surface area contributed by atoms with Crippen molar-refractivity contribution in [3.8, 4) is 0 Å². The van der Waals surface area contributed by atoms with Crippen molar-refractivity contribution >= 4 is 17.3 Å². The summed E-state index contributed by atoms with van der Waals surface area (Å²) in [6.45, 7) is -0.650. The third-order valence-corrected chi connectivity index (χ3v) is 2.45. The van der Waals surface area contributed by atoms with Gasteiger partial charge in [0.1, 0.15) is 18.3 Å². The molecule has 0 spiro atoms. The van der Waals surface area contributed by atoms with Crippen molar-refractivity contribution in [3.05, 3.63) is 0 Å². The van der Waals surface area contributed by atoms with Crippen LogP contribution in [0.3, 0.4) is 0 Å². The summed E-state index contributed by atoms with van der Waals surface area (Å²) in [4.78, 5) is 0. The Labute approximate surface area is 91.4 Å². The summed E-state index contributed by atoms with van der Waals surface area (Å²) < 4.78 is 0. The van der Waals surface area contributed by atoms with E-state index in [-0.39, 0.29) is 5.11 Å². The van der Waals surface area contributed by atoms with E-state index in [1.807, 2.05) is 0 Å². The number of rotatable bonds is 3. The summed E-state index contributed by atoms with van der Waals surface area (Å²) in [5, 5.41) is 51.0. The highest BCUT2D eigenvalue weighted by molar-refractivity contribution is 7.80. The standard InChI is InChI=1S/C7H14N2O5S/c10-1-2(11)4(12)3-5(13)6(14)9-7(15)8-3/h2-6,10-14H,1H2,(H2,8,9,15)/t2?,3-,4?,5-,6-/m1/s1. The van der Waals surface area contributed by atoms with Gasteiger partial charge in [0, 0.05) is 0 Å². The quantitative estimate of drug-likeness (QED) is 0.250. The molecule has 0 aromatic heterocycles. The van der Waals surface area contributed by atoms with Gasteiger partial charge in [-0.1, -0.05) is 0 Å². The fourth-order valence-electron chi connectivity index (χ4n) is 1.33. The molecule has 5 atom stereocenters. The highest BCUT2D eigenvalue weighted by Gasteiger charge is 2.39. The van der Waals surface area contributed by atoms with Crippen molar-refractivity contribution in [2.24, 2.45) is 0 Å². The maximum Gasteiger partial charge on any atom is 0.168 e. The second-order valence-corrected chi connectivity index (χ2v) is 3.73. The molecule has 8 heteroatoms. The summed E-state index contributed by atoms with van der Waals surface area (Å²) >= 11 is 4.71. The molecule has 0 aromatic carbocycles. The van der Waals surface area contributed by atoms with Crippen LogP contribution in [0.2, 0.25) is 0 Å². The van der Waals surface area contributed by atoms with Crippen LogP contribution in [0.4, 0.5) is 0 Å². The van der Waals surface area contributed by atoms with Crippen LogP contribution in [0.5, 0.6) is 0 Å². The summed E-state index contributed by atoms with van der Waals surface area (Å²) in [5.41, 5.74) is 0. The molecule has 0 radical (unpaired) electrons. The van der Waals surface area contributed by atoms with E-state index < -0.39 is 37.2 Å². The Balaban J connectivity index is 2.70. The fourth-order valence-corrected chi connectivity index (χ4v) is 1.59. The van der Waals surface area contributed by atoms with Crippen LogP contribution in [0.25, 0.3) is 0 Å². The lowest BCUT2D eigenvalue weighted by atomic mass is 9.98. The molecule has 2 unspecified atom stereocenters. The Morgan fingerprint density at radius 1 is 1.27 bits per heavy atom. The van der Waals surface area contributed by atoms with Crippen LogP contribution >= 0.6 is 12.2 Å². The van der Waals surface area contributed by atoms with Gasteiger partial charge in [0.25, 0.3) is 0 Å². The van der Waals surface area contributed by atoms with Crippen molar-refractivity contribution in [1.82, 2.24) is 10.6 Å². The topological polar surface area (TPSA) is 125 Å². The number of hydrogen-bond donors (Lipinski definition) is 7. The monoisotopic (exact) mass is 238 g/mol. The molecule has 0 bridgehead atoms. The van der Waals surface area contributed by atoms with E-state index in [4.69, 9.17) is 17.3 Å². The molecule has 0 amide bonds. The Bertz CT molecular complexity index is 241. The number of aliphatic hydroxyl groups is 5. The minimum absolute atomic E-state index is 0.0574. The van der Waals surface area contributed by atoms with Gasteiger partial charge in [-0.15, -0.1) is 0 Å². The van der Waals surface area contributed by atoms with E-state index in [1.54, 1.807) is 0 Å². The molecule has 88 valence electrons. The van der Waals surface area contributed by atoms with E-state index >= 15 is 0 Å². The van der Waals surface area contributed by atoms with Crippen LogP contribution in [-0.2, 0) is 0 Å². The van der Waals surface area contributed by atoms with Crippen molar-refractivity contribution in [1.29, 1.82) is 0 Å². The van der Waals surface area contributed by atoms with Crippen LogP contribution in [0.1, 0.15) is 0 Å². The van der Waals surface area contributed by atoms with Crippen LogP contribution in [0.15, 0.2) is 0 Å². The zero-order valence-electron chi connectivity index (χ0n) is 7.74. The van der Waals surface area contributed by atoms with E-state index in [0.717, 1.165) is 0 Å². The van der Waals surface area contributed by atoms with Crippen molar-refractivity contribution in [3.63, 3.8) is 0 Å². The smallest absolute Gasteiger partial charge is 0.168 e. The predicted octanol–water partition coefficient (Wildman–Crippen LogP) is -3.77. The molecule has 15 heavy (non-hydrogen) atoms. The molecule has 1 aliphatic heterocycles. The Hall–Kier alpha value is -0.510. The fraction of sp³-hybridized carbons (Fsp3) is 0.857. The molecule has 7 nitrogen and oxygen atoms in total. The van der Waals surface area contributed by atoms with Gasteiger partial charge < -0.3 is 36.2 Å². The van der Waals surface area contributed by atoms with E-state index in [2.05, 4.69) is 10.6 Å². The number of hydrogen-bond acceptors (Lipinski definition) is 6. The van der Waals surface area contributed by atoms with Gasteiger partial charge in [-0.3, -0.25) is 0 Å². The summed E-state index contributed by atoms with van der Waals surface area (Å²) in [6.07, 6.45) is -5.50. The van der Waals surface area contributed by atoms with Crippen LogP contribution in [-0.4, -0.2) is 67.8 Å². The first-order valence-electron chi connectivity index (χ1n) is 4.37. The average molecular weight is 238 g/mol. The predicted molar refractivity (Wildman–Crippen MR) is 53.8 cm³/mol. The van der Waals surface area contributed by atoms with Gasteiger partial charge in [-0.05, 0) is 12.2 Å². The molecule has 1 fully saturated rings. The van der Waals surface area contributed by atoms with Crippen molar-refractivity contribution < 1.29 is 25.5 Å².